The summed E-state index contributed by atoms with van der Waals surface area (Å²) in [7, 11) is 0. The normalized spacial score (nSPS) is 10.9. The number of anilines is 1. The predicted molar refractivity (Wildman–Crippen MR) is 77.5 cm³/mol. The predicted octanol–water partition coefficient (Wildman–Crippen LogP) is 2.38. The van der Waals surface area contributed by atoms with E-state index in [0.29, 0.717) is 4.77 Å². The Balaban J connectivity index is 2.25. The second kappa shape index (κ2) is 8.16. The highest BCUT2D eigenvalue weighted by Crippen LogP contribution is 2.06. The number of unbranched alkanes of at least 4 members (excludes halogenated alkanes) is 1. The first-order valence-electron chi connectivity index (χ1n) is 6.57. The second-order valence-corrected chi connectivity index (χ2v) is 4.62. The van der Waals surface area contributed by atoms with Gasteiger partial charge in [-0.2, -0.15) is 10.1 Å². The number of H-pyrrole nitrogens is 1. The van der Waals surface area contributed by atoms with Crippen molar-refractivity contribution in [2.75, 3.05) is 31.5 Å². The lowest BCUT2D eigenvalue weighted by atomic mass is 10.3. The summed E-state index contributed by atoms with van der Waals surface area (Å²) in [5, 5.41) is 10.0. The molecule has 1 heterocycles. The summed E-state index contributed by atoms with van der Waals surface area (Å²) in [5.41, 5.74) is 0.854. The molecule has 102 valence electrons. The number of hydrogen-bond donors (Lipinski definition) is 2. The third-order valence-corrected chi connectivity index (χ3v) is 3.15. The lowest BCUT2D eigenvalue weighted by Crippen LogP contribution is -2.24. The molecule has 0 amide bonds. The summed E-state index contributed by atoms with van der Waals surface area (Å²) in [6.45, 7) is 10.6. The third-order valence-electron chi connectivity index (χ3n) is 2.96. The number of aromatic nitrogens is 3. The zero-order valence-corrected chi connectivity index (χ0v) is 12.3. The molecule has 0 radical (unpaired) electrons. The Morgan fingerprint density at radius 1 is 1.28 bits per heavy atom. The van der Waals surface area contributed by atoms with Gasteiger partial charge < -0.3 is 10.2 Å². The number of hydrogen-bond acceptors (Lipinski definition) is 5. The maximum absolute atomic E-state index is 4.95. The molecule has 0 spiro atoms. The monoisotopic (exact) mass is 269 g/mol. The molecule has 6 heteroatoms. The van der Waals surface area contributed by atoms with E-state index in [2.05, 4.69) is 39.2 Å². The topological polar surface area (TPSA) is 56.8 Å². The Bertz CT molecular complexity index is 400. The van der Waals surface area contributed by atoms with Crippen molar-refractivity contribution in [3.8, 4) is 0 Å². The van der Waals surface area contributed by atoms with Gasteiger partial charge in [-0.3, -0.25) is 5.10 Å². The van der Waals surface area contributed by atoms with E-state index in [1.54, 1.807) is 0 Å². The molecule has 0 aliphatic carbocycles. The van der Waals surface area contributed by atoms with E-state index < -0.39 is 0 Å². The van der Waals surface area contributed by atoms with Crippen molar-refractivity contribution in [3.63, 3.8) is 0 Å². The number of aromatic amines is 1. The minimum Gasteiger partial charge on any atom is -0.368 e. The highest BCUT2D eigenvalue weighted by atomic mass is 32.1. The van der Waals surface area contributed by atoms with Gasteiger partial charge in [0.1, 0.15) is 0 Å². The van der Waals surface area contributed by atoms with E-state index in [0.717, 1.165) is 44.1 Å². The van der Waals surface area contributed by atoms with Gasteiger partial charge in [0.25, 0.3) is 0 Å². The zero-order valence-electron chi connectivity index (χ0n) is 11.5. The standard InChI is InChI=1S/C12H23N5S/c1-4-17(5-2)9-7-6-8-13-11-10(3)15-16-12(18)14-11/h4-9H2,1-3H3,(H2,13,14,16,18). The first-order valence-corrected chi connectivity index (χ1v) is 6.97. The van der Waals surface area contributed by atoms with Gasteiger partial charge >= 0.3 is 0 Å². The van der Waals surface area contributed by atoms with E-state index in [1.807, 2.05) is 6.92 Å². The quantitative estimate of drug-likeness (QED) is 0.560. The summed E-state index contributed by atoms with van der Waals surface area (Å²) >= 11 is 4.95. The average molecular weight is 269 g/mol. The first-order chi connectivity index (χ1) is 8.67. The molecule has 0 aromatic carbocycles. The van der Waals surface area contributed by atoms with Crippen molar-refractivity contribution in [2.45, 2.75) is 33.6 Å². The van der Waals surface area contributed by atoms with Crippen molar-refractivity contribution in [1.29, 1.82) is 0 Å². The molecule has 0 unspecified atom stereocenters. The minimum atomic E-state index is 0.422. The van der Waals surface area contributed by atoms with Gasteiger partial charge in [-0.25, -0.2) is 0 Å². The van der Waals surface area contributed by atoms with Crippen molar-refractivity contribution in [1.82, 2.24) is 20.1 Å². The molecule has 0 fully saturated rings. The van der Waals surface area contributed by atoms with Crippen LogP contribution in [-0.2, 0) is 0 Å². The van der Waals surface area contributed by atoms with Gasteiger partial charge in [0, 0.05) is 6.54 Å². The highest BCUT2D eigenvalue weighted by Gasteiger charge is 2.01. The van der Waals surface area contributed by atoms with Crippen LogP contribution in [0.1, 0.15) is 32.4 Å². The number of aryl methyl sites for hydroxylation is 1. The van der Waals surface area contributed by atoms with E-state index in [-0.39, 0.29) is 0 Å². The lowest BCUT2D eigenvalue weighted by Gasteiger charge is -2.17. The number of nitrogens with one attached hydrogen (secondary N) is 2. The Morgan fingerprint density at radius 2 is 2.00 bits per heavy atom. The zero-order chi connectivity index (χ0) is 13.4. The van der Waals surface area contributed by atoms with Crippen LogP contribution in [0.15, 0.2) is 0 Å². The minimum absolute atomic E-state index is 0.422. The summed E-state index contributed by atoms with van der Waals surface area (Å²) in [6.07, 6.45) is 2.32. The van der Waals surface area contributed by atoms with Gasteiger partial charge in [-0.1, -0.05) is 13.8 Å². The molecule has 0 bridgehead atoms. The van der Waals surface area contributed by atoms with E-state index in [4.69, 9.17) is 12.2 Å². The Morgan fingerprint density at radius 3 is 2.67 bits per heavy atom. The van der Waals surface area contributed by atoms with Crippen LogP contribution in [0.4, 0.5) is 5.82 Å². The van der Waals surface area contributed by atoms with Crippen LogP contribution in [-0.4, -0.2) is 46.3 Å². The van der Waals surface area contributed by atoms with E-state index in [9.17, 15) is 0 Å². The Labute approximate surface area is 114 Å². The van der Waals surface area contributed by atoms with Crippen LogP contribution in [0.3, 0.4) is 0 Å². The van der Waals surface area contributed by atoms with Gasteiger partial charge in [0.15, 0.2) is 5.82 Å². The van der Waals surface area contributed by atoms with E-state index in [1.165, 1.54) is 6.42 Å². The van der Waals surface area contributed by atoms with E-state index >= 15 is 0 Å². The first kappa shape index (κ1) is 15.0. The summed E-state index contributed by atoms with van der Waals surface area (Å²) in [4.78, 5) is 6.65. The van der Waals surface area contributed by atoms with Crippen molar-refractivity contribution < 1.29 is 0 Å². The number of nitrogens with zero attached hydrogens (tertiary/aromatic N) is 3. The molecular weight excluding hydrogens is 246 g/mol. The molecule has 1 rings (SSSR count). The molecule has 0 saturated heterocycles. The molecular formula is C12H23N5S. The number of rotatable bonds is 8. The average Bonchev–Trinajstić information content (AvgIpc) is 2.38. The van der Waals surface area contributed by atoms with Crippen molar-refractivity contribution in [3.05, 3.63) is 10.5 Å². The van der Waals surface area contributed by atoms with Gasteiger partial charge in [0.05, 0.1) is 5.69 Å². The van der Waals surface area contributed by atoms with Gasteiger partial charge in [-0.15, -0.1) is 0 Å². The Hall–Kier alpha value is -1.01. The molecule has 0 aliphatic rings. The molecule has 5 nitrogen and oxygen atoms in total. The van der Waals surface area contributed by atoms with Crippen LogP contribution >= 0.6 is 12.2 Å². The molecule has 0 atom stereocenters. The molecule has 0 saturated carbocycles. The van der Waals surface area contributed by atoms with Gasteiger partial charge in [0.2, 0.25) is 4.77 Å². The summed E-state index contributed by atoms with van der Waals surface area (Å²) in [6, 6.07) is 0. The molecule has 2 N–H and O–H groups in total. The lowest BCUT2D eigenvalue weighted by molar-refractivity contribution is 0.298. The third kappa shape index (κ3) is 5.10. The van der Waals surface area contributed by atoms with Crippen LogP contribution in [0, 0.1) is 11.7 Å². The maximum Gasteiger partial charge on any atom is 0.215 e. The molecule has 0 aliphatic heterocycles. The fourth-order valence-electron chi connectivity index (χ4n) is 1.77. The highest BCUT2D eigenvalue weighted by molar-refractivity contribution is 7.71. The molecule has 1 aromatic rings. The van der Waals surface area contributed by atoms with Crippen molar-refractivity contribution >= 4 is 18.0 Å². The molecule has 1 aromatic heterocycles. The fraction of sp³-hybridized carbons (Fsp3) is 0.750. The van der Waals surface area contributed by atoms with Gasteiger partial charge in [-0.05, 0) is 51.6 Å². The van der Waals surface area contributed by atoms with Crippen LogP contribution in [0.25, 0.3) is 0 Å². The van der Waals surface area contributed by atoms with Crippen molar-refractivity contribution in [2.24, 2.45) is 0 Å². The second-order valence-electron chi connectivity index (χ2n) is 4.24. The SMILES string of the molecule is CCN(CC)CCCCNc1nc(=S)[nH]nc1C. The fourth-order valence-corrected chi connectivity index (χ4v) is 1.90. The summed E-state index contributed by atoms with van der Waals surface area (Å²) in [5.74, 6) is 0.793. The largest absolute Gasteiger partial charge is 0.368 e. The van der Waals surface area contributed by atoms with Crippen LogP contribution in [0.5, 0.6) is 0 Å². The van der Waals surface area contributed by atoms with Crippen LogP contribution in [0.2, 0.25) is 0 Å². The summed E-state index contributed by atoms with van der Waals surface area (Å²) < 4.78 is 0.422. The molecule has 18 heavy (non-hydrogen) atoms. The smallest absolute Gasteiger partial charge is 0.215 e. The van der Waals surface area contributed by atoms with Crippen LogP contribution < -0.4 is 5.32 Å². The Kier molecular flexibility index (Phi) is 6.82. The maximum atomic E-state index is 4.95.